The summed E-state index contributed by atoms with van der Waals surface area (Å²) in [6.45, 7) is 10.6. The predicted molar refractivity (Wildman–Crippen MR) is 72.8 cm³/mol. The van der Waals surface area contributed by atoms with Crippen molar-refractivity contribution in [2.75, 3.05) is 0 Å². The number of carboxylic acids is 1. The van der Waals surface area contributed by atoms with Crippen LogP contribution in [0.25, 0.3) is 0 Å². The van der Waals surface area contributed by atoms with Crippen molar-refractivity contribution in [3.05, 3.63) is 35.4 Å². The largest absolute Gasteiger partial charge is 0.481 e. The van der Waals surface area contributed by atoms with Gasteiger partial charge in [0.2, 0.25) is 0 Å². The fraction of sp³-hybridized carbons (Fsp3) is 0.562. The zero-order chi connectivity index (χ0) is 13.7. The average molecular weight is 246 g/mol. The van der Waals surface area contributed by atoms with E-state index in [1.54, 1.807) is 0 Å². The minimum absolute atomic E-state index is 0.116. The van der Waals surface area contributed by atoms with Crippen molar-refractivity contribution < 1.29 is 9.90 Å². The molecule has 98 valence electrons. The molecule has 0 radical (unpaired) electrons. The van der Waals surface area contributed by atoms with Crippen LogP contribution < -0.4 is 0 Å². The zero-order valence-corrected chi connectivity index (χ0v) is 11.8. The minimum Gasteiger partial charge on any atom is -0.481 e. The average Bonchev–Trinajstić information content (AvgIpc) is 2.80. The molecule has 0 aliphatic heterocycles. The minimum atomic E-state index is -0.676. The van der Waals surface area contributed by atoms with Gasteiger partial charge in [0.15, 0.2) is 0 Å². The fourth-order valence-electron chi connectivity index (χ4n) is 2.91. The van der Waals surface area contributed by atoms with Crippen LogP contribution in [-0.2, 0) is 10.2 Å². The lowest BCUT2D eigenvalue weighted by Gasteiger charge is -2.19. The highest BCUT2D eigenvalue weighted by molar-refractivity contribution is 5.77. The Hall–Kier alpha value is -1.31. The molecule has 1 fully saturated rings. The van der Waals surface area contributed by atoms with Gasteiger partial charge in [-0.2, -0.15) is 0 Å². The molecule has 1 N–H and O–H groups in total. The van der Waals surface area contributed by atoms with Gasteiger partial charge in [0.1, 0.15) is 0 Å². The number of rotatable bonds is 2. The molecule has 0 bridgehead atoms. The summed E-state index contributed by atoms with van der Waals surface area (Å²) >= 11 is 0. The summed E-state index contributed by atoms with van der Waals surface area (Å²) in [5, 5.41) is 9.20. The summed E-state index contributed by atoms with van der Waals surface area (Å²) in [6.07, 6.45) is 0. The first-order valence-corrected chi connectivity index (χ1v) is 6.49. The van der Waals surface area contributed by atoms with Gasteiger partial charge in [-0.1, -0.05) is 58.9 Å². The molecule has 0 spiro atoms. The summed E-state index contributed by atoms with van der Waals surface area (Å²) in [6, 6.07) is 8.44. The first-order chi connectivity index (χ1) is 8.15. The van der Waals surface area contributed by atoms with Gasteiger partial charge in [0.05, 0.1) is 5.92 Å². The summed E-state index contributed by atoms with van der Waals surface area (Å²) < 4.78 is 0. The topological polar surface area (TPSA) is 37.3 Å². The fourth-order valence-corrected chi connectivity index (χ4v) is 2.91. The maximum Gasteiger partial charge on any atom is 0.307 e. The molecule has 2 nitrogen and oxygen atoms in total. The number of hydrogen-bond acceptors (Lipinski definition) is 1. The van der Waals surface area contributed by atoms with E-state index in [1.807, 2.05) is 13.8 Å². The molecule has 1 aliphatic carbocycles. The Morgan fingerprint density at radius 2 is 1.67 bits per heavy atom. The predicted octanol–water partition coefficient (Wildman–Crippen LogP) is 3.81. The van der Waals surface area contributed by atoms with Gasteiger partial charge >= 0.3 is 5.97 Å². The lowest BCUT2D eigenvalue weighted by molar-refractivity contribution is -0.139. The first-order valence-electron chi connectivity index (χ1n) is 6.49. The second kappa shape index (κ2) is 3.84. The lowest BCUT2D eigenvalue weighted by Crippen LogP contribution is -2.10. The van der Waals surface area contributed by atoms with E-state index in [0.717, 1.165) is 5.56 Å². The van der Waals surface area contributed by atoms with Crippen LogP contribution in [-0.4, -0.2) is 11.1 Å². The summed E-state index contributed by atoms with van der Waals surface area (Å²) in [5.74, 6) is -0.757. The van der Waals surface area contributed by atoms with Crippen LogP contribution in [0.15, 0.2) is 24.3 Å². The molecule has 2 atom stereocenters. The SMILES string of the molecule is CC(C)(C)c1ccc([C@@H]2[C@H](C(=O)O)C2(C)C)cc1. The molecule has 0 amide bonds. The molecule has 1 saturated carbocycles. The van der Waals surface area contributed by atoms with Crippen molar-refractivity contribution in [2.24, 2.45) is 11.3 Å². The van der Waals surface area contributed by atoms with Crippen LogP contribution in [0.1, 0.15) is 51.7 Å². The molecule has 0 saturated heterocycles. The van der Waals surface area contributed by atoms with Gasteiger partial charge in [-0.3, -0.25) is 4.79 Å². The van der Waals surface area contributed by atoms with Gasteiger partial charge in [0.25, 0.3) is 0 Å². The second-order valence-corrected chi connectivity index (χ2v) is 6.99. The lowest BCUT2D eigenvalue weighted by atomic mass is 9.86. The van der Waals surface area contributed by atoms with Crippen molar-refractivity contribution in [1.29, 1.82) is 0 Å². The highest BCUT2D eigenvalue weighted by Crippen LogP contribution is 2.64. The number of hydrogen-bond donors (Lipinski definition) is 1. The maximum atomic E-state index is 11.2. The smallest absolute Gasteiger partial charge is 0.307 e. The van der Waals surface area contributed by atoms with Crippen molar-refractivity contribution in [3.63, 3.8) is 0 Å². The maximum absolute atomic E-state index is 11.2. The van der Waals surface area contributed by atoms with Gasteiger partial charge < -0.3 is 5.11 Å². The monoisotopic (exact) mass is 246 g/mol. The Balaban J connectivity index is 2.25. The number of benzene rings is 1. The molecule has 1 aromatic rings. The summed E-state index contributed by atoms with van der Waals surface area (Å²) in [7, 11) is 0. The third kappa shape index (κ3) is 2.05. The van der Waals surface area contributed by atoms with E-state index >= 15 is 0 Å². The van der Waals surface area contributed by atoms with Gasteiger partial charge in [-0.15, -0.1) is 0 Å². The van der Waals surface area contributed by atoms with E-state index in [2.05, 4.69) is 45.0 Å². The van der Waals surface area contributed by atoms with Crippen molar-refractivity contribution >= 4 is 5.97 Å². The van der Waals surface area contributed by atoms with Crippen LogP contribution in [0.4, 0.5) is 0 Å². The Morgan fingerprint density at radius 1 is 1.17 bits per heavy atom. The number of carboxylic acid groups (broad SMARTS) is 1. The van der Waals surface area contributed by atoms with E-state index in [4.69, 9.17) is 0 Å². The molecule has 0 heterocycles. The normalized spacial score (nSPS) is 25.8. The third-order valence-corrected chi connectivity index (χ3v) is 4.23. The van der Waals surface area contributed by atoms with Crippen molar-refractivity contribution in [3.8, 4) is 0 Å². The molecule has 2 rings (SSSR count). The third-order valence-electron chi connectivity index (χ3n) is 4.23. The standard InChI is InChI=1S/C16H22O2/c1-15(2,3)11-8-6-10(7-9-11)12-13(14(17)18)16(12,4)5/h6-9,12-13H,1-5H3,(H,17,18)/t12-,13-/m1/s1. The van der Waals surface area contributed by atoms with E-state index < -0.39 is 5.97 Å². The molecule has 18 heavy (non-hydrogen) atoms. The summed E-state index contributed by atoms with van der Waals surface area (Å²) in [5.41, 5.74) is 2.47. The highest BCUT2D eigenvalue weighted by Gasteiger charge is 2.62. The quantitative estimate of drug-likeness (QED) is 0.861. The van der Waals surface area contributed by atoms with Gasteiger partial charge in [-0.25, -0.2) is 0 Å². The number of carbonyl (C=O) groups is 1. The molecular formula is C16H22O2. The van der Waals surface area contributed by atoms with E-state index in [-0.39, 0.29) is 22.7 Å². The second-order valence-electron chi connectivity index (χ2n) is 6.99. The van der Waals surface area contributed by atoms with E-state index in [1.165, 1.54) is 5.56 Å². The first kappa shape index (κ1) is 13.1. The van der Waals surface area contributed by atoms with Crippen LogP contribution in [0.2, 0.25) is 0 Å². The molecular weight excluding hydrogens is 224 g/mol. The molecule has 1 aromatic carbocycles. The van der Waals surface area contributed by atoms with Crippen LogP contribution >= 0.6 is 0 Å². The van der Waals surface area contributed by atoms with Crippen molar-refractivity contribution in [1.82, 2.24) is 0 Å². The highest BCUT2D eigenvalue weighted by atomic mass is 16.4. The van der Waals surface area contributed by atoms with Crippen LogP contribution in [0.5, 0.6) is 0 Å². The Labute approximate surface area is 109 Å². The Kier molecular flexibility index (Phi) is 2.80. The number of aliphatic carboxylic acids is 1. The van der Waals surface area contributed by atoms with Crippen LogP contribution in [0, 0.1) is 11.3 Å². The molecule has 0 unspecified atom stereocenters. The molecule has 1 aliphatic rings. The van der Waals surface area contributed by atoms with Gasteiger partial charge in [0, 0.05) is 5.92 Å². The molecule has 2 heteroatoms. The van der Waals surface area contributed by atoms with E-state index in [0.29, 0.717) is 0 Å². The van der Waals surface area contributed by atoms with Crippen LogP contribution in [0.3, 0.4) is 0 Å². The zero-order valence-electron chi connectivity index (χ0n) is 11.8. The van der Waals surface area contributed by atoms with E-state index in [9.17, 15) is 9.90 Å². The summed E-state index contributed by atoms with van der Waals surface area (Å²) in [4.78, 5) is 11.2. The Morgan fingerprint density at radius 3 is 2.00 bits per heavy atom. The van der Waals surface area contributed by atoms with Crippen molar-refractivity contribution in [2.45, 2.75) is 46.0 Å². The van der Waals surface area contributed by atoms with Gasteiger partial charge in [-0.05, 0) is 22.0 Å². The Bertz CT molecular complexity index is 463. The molecule has 0 aromatic heterocycles.